The summed E-state index contributed by atoms with van der Waals surface area (Å²) >= 11 is 5.94. The highest BCUT2D eigenvalue weighted by Crippen LogP contribution is 2.36. The molecular formula is C15H22ClNO. The van der Waals surface area contributed by atoms with E-state index in [1.807, 2.05) is 19.1 Å². The molecule has 0 aliphatic heterocycles. The lowest BCUT2D eigenvalue weighted by Gasteiger charge is -2.29. The molecule has 0 amide bonds. The van der Waals surface area contributed by atoms with E-state index in [0.717, 1.165) is 24.1 Å². The van der Waals surface area contributed by atoms with E-state index in [0.29, 0.717) is 5.92 Å². The molecule has 2 nitrogen and oxygen atoms in total. The quantitative estimate of drug-likeness (QED) is 0.639. The molecule has 1 aromatic rings. The smallest absolute Gasteiger partial charge is 0.0653 e. The Morgan fingerprint density at radius 1 is 1.28 bits per heavy atom. The highest BCUT2D eigenvalue weighted by molar-refractivity contribution is 6.30. The van der Waals surface area contributed by atoms with Crippen LogP contribution in [0.25, 0.3) is 0 Å². The monoisotopic (exact) mass is 267 g/mol. The Morgan fingerprint density at radius 3 is 2.78 bits per heavy atom. The predicted octanol–water partition coefficient (Wildman–Crippen LogP) is 4.15. The molecule has 1 aromatic carbocycles. The molecule has 0 radical (unpaired) electrons. The lowest BCUT2D eigenvalue weighted by molar-refractivity contribution is 0.0368. The molecule has 2 unspecified atom stereocenters. The Morgan fingerprint density at radius 2 is 2.06 bits per heavy atom. The van der Waals surface area contributed by atoms with Gasteiger partial charge in [-0.2, -0.15) is 0 Å². The van der Waals surface area contributed by atoms with Crippen LogP contribution in [0.4, 0.5) is 0 Å². The standard InChI is InChI=1S/C15H22ClNO/c1-2-18-17-11-12-4-3-5-14(10-12)13-6-8-15(16)9-7-13/h6-9,12,14,17H,2-5,10-11H2,1H3. The number of halogens is 1. The summed E-state index contributed by atoms with van der Waals surface area (Å²) in [6.07, 6.45) is 5.17. The molecule has 0 heterocycles. The van der Waals surface area contributed by atoms with E-state index in [1.54, 1.807) is 0 Å². The highest BCUT2D eigenvalue weighted by Gasteiger charge is 2.22. The molecular weight excluding hydrogens is 246 g/mol. The number of hydroxylamine groups is 1. The van der Waals surface area contributed by atoms with Gasteiger partial charge in [-0.1, -0.05) is 30.2 Å². The fraction of sp³-hybridized carbons (Fsp3) is 0.600. The molecule has 2 atom stereocenters. The van der Waals surface area contributed by atoms with Crippen molar-refractivity contribution in [1.82, 2.24) is 5.48 Å². The number of hydrogen-bond acceptors (Lipinski definition) is 2. The normalized spacial score (nSPS) is 24.1. The summed E-state index contributed by atoms with van der Waals surface area (Å²) in [6, 6.07) is 8.34. The Balaban J connectivity index is 1.88. The van der Waals surface area contributed by atoms with Gasteiger partial charge in [0.05, 0.1) is 6.61 Å². The Labute approximate surface area is 115 Å². The lowest BCUT2D eigenvalue weighted by atomic mass is 9.78. The van der Waals surface area contributed by atoms with Crippen molar-refractivity contribution in [2.45, 2.75) is 38.5 Å². The minimum Gasteiger partial charge on any atom is -0.302 e. The first-order valence-corrected chi connectivity index (χ1v) is 7.27. The third-order valence-electron chi connectivity index (χ3n) is 3.74. The summed E-state index contributed by atoms with van der Waals surface area (Å²) < 4.78 is 0. The summed E-state index contributed by atoms with van der Waals surface area (Å²) in [5, 5.41) is 0.823. The molecule has 1 aliphatic carbocycles. The van der Waals surface area contributed by atoms with Crippen LogP contribution in [0.3, 0.4) is 0 Å². The first kappa shape index (κ1) is 13.9. The first-order valence-electron chi connectivity index (χ1n) is 6.89. The molecule has 1 N–H and O–H groups in total. The number of rotatable bonds is 5. The summed E-state index contributed by atoms with van der Waals surface area (Å²) in [6.45, 7) is 3.70. The van der Waals surface area contributed by atoms with Crippen molar-refractivity contribution in [1.29, 1.82) is 0 Å². The number of benzene rings is 1. The maximum absolute atomic E-state index is 5.94. The Hall–Kier alpha value is -0.570. The van der Waals surface area contributed by atoms with Crippen LogP contribution in [-0.4, -0.2) is 13.2 Å². The molecule has 0 aromatic heterocycles. The molecule has 1 fully saturated rings. The van der Waals surface area contributed by atoms with Crippen molar-refractivity contribution in [3.05, 3.63) is 34.9 Å². The fourth-order valence-electron chi connectivity index (χ4n) is 2.79. The van der Waals surface area contributed by atoms with Gasteiger partial charge < -0.3 is 4.84 Å². The minimum atomic E-state index is 0.685. The van der Waals surface area contributed by atoms with E-state index in [2.05, 4.69) is 17.6 Å². The van der Waals surface area contributed by atoms with Gasteiger partial charge in [0.2, 0.25) is 0 Å². The molecule has 1 saturated carbocycles. The molecule has 0 bridgehead atoms. The van der Waals surface area contributed by atoms with Crippen LogP contribution in [0, 0.1) is 5.92 Å². The first-order chi connectivity index (χ1) is 8.79. The SMILES string of the molecule is CCONCC1CCCC(c2ccc(Cl)cc2)C1. The topological polar surface area (TPSA) is 21.3 Å². The van der Waals surface area contributed by atoms with Gasteiger partial charge >= 0.3 is 0 Å². The van der Waals surface area contributed by atoms with E-state index in [1.165, 1.54) is 31.2 Å². The summed E-state index contributed by atoms with van der Waals surface area (Å²) in [5.74, 6) is 1.41. The van der Waals surface area contributed by atoms with Crippen molar-refractivity contribution >= 4 is 11.6 Å². The number of nitrogens with one attached hydrogen (secondary N) is 1. The van der Waals surface area contributed by atoms with Crippen molar-refractivity contribution in [2.24, 2.45) is 5.92 Å². The zero-order valence-corrected chi connectivity index (χ0v) is 11.7. The minimum absolute atomic E-state index is 0.685. The average Bonchev–Trinajstić information content (AvgIpc) is 2.40. The molecule has 1 aliphatic rings. The van der Waals surface area contributed by atoms with Crippen LogP contribution in [-0.2, 0) is 4.84 Å². The maximum atomic E-state index is 5.94. The molecule has 0 spiro atoms. The van der Waals surface area contributed by atoms with Gasteiger partial charge in [0, 0.05) is 11.6 Å². The van der Waals surface area contributed by atoms with E-state index < -0.39 is 0 Å². The average molecular weight is 268 g/mol. The summed E-state index contributed by atoms with van der Waals surface area (Å²) in [7, 11) is 0. The van der Waals surface area contributed by atoms with Crippen LogP contribution >= 0.6 is 11.6 Å². The van der Waals surface area contributed by atoms with Crippen molar-refractivity contribution < 1.29 is 4.84 Å². The van der Waals surface area contributed by atoms with Crippen LogP contribution in [0.1, 0.15) is 44.1 Å². The van der Waals surface area contributed by atoms with Crippen LogP contribution in [0.15, 0.2) is 24.3 Å². The molecule has 3 heteroatoms. The predicted molar refractivity (Wildman–Crippen MR) is 75.8 cm³/mol. The second kappa shape index (κ2) is 7.13. The van der Waals surface area contributed by atoms with Crippen LogP contribution in [0.2, 0.25) is 5.02 Å². The van der Waals surface area contributed by atoms with Crippen molar-refractivity contribution in [3.63, 3.8) is 0 Å². The molecule has 0 saturated heterocycles. The zero-order valence-electron chi connectivity index (χ0n) is 11.0. The van der Waals surface area contributed by atoms with E-state index in [4.69, 9.17) is 16.4 Å². The van der Waals surface area contributed by atoms with Gasteiger partial charge in [0.25, 0.3) is 0 Å². The third-order valence-corrected chi connectivity index (χ3v) is 3.99. The van der Waals surface area contributed by atoms with Gasteiger partial charge in [0.15, 0.2) is 0 Å². The van der Waals surface area contributed by atoms with Gasteiger partial charge in [-0.15, -0.1) is 0 Å². The Kier molecular flexibility index (Phi) is 5.48. The molecule has 2 rings (SSSR count). The maximum Gasteiger partial charge on any atom is 0.0653 e. The van der Waals surface area contributed by atoms with Gasteiger partial charge in [-0.25, -0.2) is 5.48 Å². The van der Waals surface area contributed by atoms with Crippen molar-refractivity contribution in [2.75, 3.05) is 13.2 Å². The fourth-order valence-corrected chi connectivity index (χ4v) is 2.92. The second-order valence-electron chi connectivity index (χ2n) is 5.06. The van der Waals surface area contributed by atoms with Gasteiger partial charge in [0.1, 0.15) is 0 Å². The molecule has 18 heavy (non-hydrogen) atoms. The van der Waals surface area contributed by atoms with E-state index in [-0.39, 0.29) is 0 Å². The van der Waals surface area contributed by atoms with E-state index in [9.17, 15) is 0 Å². The second-order valence-corrected chi connectivity index (χ2v) is 5.50. The molecule has 100 valence electrons. The van der Waals surface area contributed by atoms with Crippen LogP contribution in [0.5, 0.6) is 0 Å². The largest absolute Gasteiger partial charge is 0.302 e. The summed E-state index contributed by atoms with van der Waals surface area (Å²) in [5.41, 5.74) is 4.50. The van der Waals surface area contributed by atoms with Crippen LogP contribution < -0.4 is 5.48 Å². The number of hydrogen-bond donors (Lipinski definition) is 1. The third kappa shape index (κ3) is 3.98. The zero-order chi connectivity index (χ0) is 12.8. The lowest BCUT2D eigenvalue weighted by Crippen LogP contribution is -2.27. The van der Waals surface area contributed by atoms with Gasteiger partial charge in [-0.3, -0.25) is 0 Å². The van der Waals surface area contributed by atoms with Crippen molar-refractivity contribution in [3.8, 4) is 0 Å². The van der Waals surface area contributed by atoms with Gasteiger partial charge in [-0.05, 0) is 55.7 Å². The highest BCUT2D eigenvalue weighted by atomic mass is 35.5. The summed E-state index contributed by atoms with van der Waals surface area (Å²) in [4.78, 5) is 5.23. The Bertz CT molecular complexity index is 352. The van der Waals surface area contributed by atoms with E-state index >= 15 is 0 Å².